The van der Waals surface area contributed by atoms with Gasteiger partial charge in [-0.2, -0.15) is 0 Å². The number of nitrogens with zero attached hydrogens (tertiary/aromatic N) is 1. The highest BCUT2D eigenvalue weighted by Crippen LogP contribution is 2.27. The van der Waals surface area contributed by atoms with Crippen molar-refractivity contribution in [2.75, 3.05) is 6.54 Å². The van der Waals surface area contributed by atoms with Gasteiger partial charge in [0.05, 0.1) is 11.4 Å². The molecule has 0 spiro atoms. The quantitative estimate of drug-likeness (QED) is 0.636. The van der Waals surface area contributed by atoms with Gasteiger partial charge in [-0.15, -0.1) is 12.4 Å². The van der Waals surface area contributed by atoms with E-state index in [0.29, 0.717) is 0 Å². The number of nitrogens with one attached hydrogen (secondary N) is 1. The smallest absolute Gasteiger partial charge is 0.0638 e. The molecule has 0 saturated carbocycles. The number of hydrogen-bond acceptors (Lipinski definition) is 1. The van der Waals surface area contributed by atoms with Crippen molar-refractivity contribution < 1.29 is 0 Å². The summed E-state index contributed by atoms with van der Waals surface area (Å²) in [6, 6.07) is 8.65. The largest absolute Gasteiger partial charge is 0.353 e. The Morgan fingerprint density at radius 2 is 1.82 bits per heavy atom. The Balaban J connectivity index is 0.00000176. The summed E-state index contributed by atoms with van der Waals surface area (Å²) < 4.78 is 0. The maximum Gasteiger partial charge on any atom is 0.0638 e. The summed E-state index contributed by atoms with van der Waals surface area (Å²) in [5.74, 6) is 0. The minimum Gasteiger partial charge on any atom is -0.353 e. The molecule has 2 nitrogen and oxygen atoms in total. The SMILES string of the molecule is CCCCCCCCC1=NCCc2c1[nH]c1ccccc21.Cl. The second-order valence-electron chi connectivity index (χ2n) is 6.12. The van der Waals surface area contributed by atoms with Crippen molar-refractivity contribution in [3.63, 3.8) is 0 Å². The fourth-order valence-corrected chi connectivity index (χ4v) is 3.36. The Kier molecular flexibility index (Phi) is 6.50. The summed E-state index contributed by atoms with van der Waals surface area (Å²) in [5.41, 5.74) is 5.38. The number of aliphatic imine (C=N–C) groups is 1. The molecule has 0 unspecified atom stereocenters. The average Bonchev–Trinajstić information content (AvgIpc) is 2.90. The molecule has 0 radical (unpaired) electrons. The van der Waals surface area contributed by atoms with Gasteiger partial charge in [0, 0.05) is 17.4 Å². The zero-order chi connectivity index (χ0) is 14.5. The van der Waals surface area contributed by atoms with Crippen LogP contribution in [-0.4, -0.2) is 17.2 Å². The van der Waals surface area contributed by atoms with Crippen molar-refractivity contribution in [3.8, 4) is 0 Å². The first-order valence-electron chi connectivity index (χ1n) is 8.53. The number of rotatable bonds is 7. The number of aromatic amines is 1. The normalized spacial score (nSPS) is 13.6. The lowest BCUT2D eigenvalue weighted by Crippen LogP contribution is -2.12. The third kappa shape index (κ3) is 3.73. The summed E-state index contributed by atoms with van der Waals surface area (Å²) in [4.78, 5) is 8.38. The topological polar surface area (TPSA) is 28.1 Å². The highest BCUT2D eigenvalue weighted by Gasteiger charge is 2.18. The van der Waals surface area contributed by atoms with E-state index in [4.69, 9.17) is 4.99 Å². The maximum absolute atomic E-state index is 4.79. The van der Waals surface area contributed by atoms with Crippen LogP contribution in [0.4, 0.5) is 0 Å². The van der Waals surface area contributed by atoms with Crippen LogP contribution in [0.25, 0.3) is 10.9 Å². The molecule has 1 aliphatic heterocycles. The van der Waals surface area contributed by atoms with Crippen LogP contribution < -0.4 is 0 Å². The molecule has 0 amide bonds. The predicted octanol–water partition coefficient (Wildman–Crippen LogP) is 5.69. The number of unbranched alkanes of at least 4 members (excludes halogenated alkanes) is 5. The van der Waals surface area contributed by atoms with Crippen molar-refractivity contribution in [1.82, 2.24) is 4.98 Å². The Bertz CT molecular complexity index is 627. The molecule has 2 aromatic rings. The first-order valence-corrected chi connectivity index (χ1v) is 8.53. The first kappa shape index (κ1) is 17.1. The van der Waals surface area contributed by atoms with Crippen LogP contribution in [-0.2, 0) is 6.42 Å². The van der Waals surface area contributed by atoms with Crippen molar-refractivity contribution >= 4 is 29.0 Å². The van der Waals surface area contributed by atoms with Crippen molar-refractivity contribution in [2.24, 2.45) is 4.99 Å². The third-order valence-corrected chi connectivity index (χ3v) is 4.53. The van der Waals surface area contributed by atoms with E-state index >= 15 is 0 Å². The molecule has 3 heteroatoms. The van der Waals surface area contributed by atoms with Crippen LogP contribution in [0.1, 0.15) is 63.1 Å². The average molecular weight is 319 g/mol. The van der Waals surface area contributed by atoms with Gasteiger partial charge in [0.25, 0.3) is 0 Å². The number of para-hydroxylation sites is 1. The van der Waals surface area contributed by atoms with E-state index in [1.165, 1.54) is 66.4 Å². The van der Waals surface area contributed by atoms with Crippen molar-refractivity contribution in [2.45, 2.75) is 58.3 Å². The standard InChI is InChI=1S/C19H26N2.ClH/c1-2-3-4-5-6-7-12-18-19-16(13-14-20-18)15-10-8-9-11-17(15)21-19;/h8-11,21H,2-7,12-14H2,1H3;1H. The van der Waals surface area contributed by atoms with Gasteiger partial charge in [-0.25, -0.2) is 0 Å². The van der Waals surface area contributed by atoms with Crippen LogP contribution in [0.3, 0.4) is 0 Å². The minimum absolute atomic E-state index is 0. The predicted molar refractivity (Wildman–Crippen MR) is 98.6 cm³/mol. The molecular formula is C19H27ClN2. The van der Waals surface area contributed by atoms with Gasteiger partial charge < -0.3 is 4.98 Å². The molecule has 0 aliphatic carbocycles. The zero-order valence-electron chi connectivity index (χ0n) is 13.5. The Morgan fingerprint density at radius 1 is 1.05 bits per heavy atom. The number of halogens is 1. The van der Waals surface area contributed by atoms with Gasteiger partial charge in [0.2, 0.25) is 0 Å². The Labute approximate surface area is 139 Å². The van der Waals surface area contributed by atoms with E-state index < -0.39 is 0 Å². The van der Waals surface area contributed by atoms with Gasteiger partial charge >= 0.3 is 0 Å². The molecular weight excluding hydrogens is 292 g/mol. The number of hydrogen-bond donors (Lipinski definition) is 1. The van der Waals surface area contributed by atoms with Crippen LogP contribution in [0.5, 0.6) is 0 Å². The number of benzene rings is 1. The van der Waals surface area contributed by atoms with Crippen molar-refractivity contribution in [3.05, 3.63) is 35.5 Å². The van der Waals surface area contributed by atoms with Crippen molar-refractivity contribution in [1.29, 1.82) is 0 Å². The number of aromatic nitrogens is 1. The Hall–Kier alpha value is -1.28. The molecule has 1 aliphatic rings. The first-order chi connectivity index (χ1) is 10.4. The van der Waals surface area contributed by atoms with E-state index in [1.54, 1.807) is 0 Å². The van der Waals surface area contributed by atoms with E-state index in [-0.39, 0.29) is 12.4 Å². The van der Waals surface area contributed by atoms with Gasteiger partial charge in [-0.1, -0.05) is 57.2 Å². The summed E-state index contributed by atoms with van der Waals surface area (Å²) in [6.07, 6.45) is 10.3. The maximum atomic E-state index is 4.79. The van der Waals surface area contributed by atoms with Crippen LogP contribution in [0.2, 0.25) is 0 Å². The second kappa shape index (κ2) is 8.38. The molecule has 0 atom stereocenters. The van der Waals surface area contributed by atoms with Gasteiger partial charge in [0.15, 0.2) is 0 Å². The minimum atomic E-state index is 0. The molecule has 1 N–H and O–H groups in total. The molecule has 1 aromatic carbocycles. The molecule has 0 fully saturated rings. The van der Waals surface area contributed by atoms with Crippen LogP contribution in [0.15, 0.2) is 29.3 Å². The molecule has 22 heavy (non-hydrogen) atoms. The van der Waals surface area contributed by atoms with Gasteiger partial charge in [0.1, 0.15) is 0 Å². The van der Waals surface area contributed by atoms with E-state index in [2.05, 4.69) is 36.2 Å². The van der Waals surface area contributed by atoms with Crippen LogP contribution in [0, 0.1) is 0 Å². The summed E-state index contributed by atoms with van der Waals surface area (Å²) in [7, 11) is 0. The highest BCUT2D eigenvalue weighted by atomic mass is 35.5. The fraction of sp³-hybridized carbons (Fsp3) is 0.526. The summed E-state index contributed by atoms with van der Waals surface area (Å²) in [5, 5.41) is 1.39. The zero-order valence-corrected chi connectivity index (χ0v) is 14.3. The molecule has 3 rings (SSSR count). The lowest BCUT2D eigenvalue weighted by Gasteiger charge is -2.13. The van der Waals surface area contributed by atoms with E-state index in [0.717, 1.165) is 19.4 Å². The highest BCUT2D eigenvalue weighted by molar-refractivity contribution is 6.06. The van der Waals surface area contributed by atoms with Gasteiger partial charge in [-0.05, 0) is 30.9 Å². The molecule has 120 valence electrons. The monoisotopic (exact) mass is 318 g/mol. The van der Waals surface area contributed by atoms with E-state index in [1.807, 2.05) is 0 Å². The molecule has 0 saturated heterocycles. The lowest BCUT2D eigenvalue weighted by molar-refractivity contribution is 0.615. The summed E-state index contributed by atoms with van der Waals surface area (Å²) in [6.45, 7) is 3.23. The number of H-pyrrole nitrogens is 1. The summed E-state index contributed by atoms with van der Waals surface area (Å²) >= 11 is 0. The van der Waals surface area contributed by atoms with Crippen LogP contribution >= 0.6 is 12.4 Å². The Morgan fingerprint density at radius 3 is 2.68 bits per heavy atom. The van der Waals surface area contributed by atoms with E-state index in [9.17, 15) is 0 Å². The fourth-order valence-electron chi connectivity index (χ4n) is 3.36. The molecule has 1 aromatic heterocycles. The number of fused-ring (bicyclic) bond motifs is 3. The van der Waals surface area contributed by atoms with Gasteiger partial charge in [-0.3, -0.25) is 4.99 Å². The second-order valence-corrected chi connectivity index (χ2v) is 6.12. The lowest BCUT2D eigenvalue weighted by atomic mass is 9.98. The molecule has 2 heterocycles. The molecule has 0 bridgehead atoms. The third-order valence-electron chi connectivity index (χ3n) is 4.53.